The van der Waals surface area contributed by atoms with Crippen LogP contribution in [-0.4, -0.2) is 0 Å². The second-order valence-electron chi connectivity index (χ2n) is 12.9. The van der Waals surface area contributed by atoms with Gasteiger partial charge >= 0.3 is 0 Å². The molecule has 1 aliphatic rings. The molecule has 50 heavy (non-hydrogen) atoms. The highest BCUT2D eigenvalue weighted by atomic mass is 16.5. The Labute approximate surface area is 291 Å². The van der Waals surface area contributed by atoms with Crippen molar-refractivity contribution in [3.8, 4) is 44.9 Å². The van der Waals surface area contributed by atoms with Gasteiger partial charge in [-0.1, -0.05) is 140 Å². The lowest BCUT2D eigenvalue weighted by atomic mass is 9.90. The molecular formula is C48H31NO. The number of anilines is 3. The summed E-state index contributed by atoms with van der Waals surface area (Å²) >= 11 is 0. The zero-order valence-corrected chi connectivity index (χ0v) is 27.3. The minimum Gasteiger partial charge on any atom is -0.456 e. The Morgan fingerprint density at radius 2 is 0.940 bits per heavy atom. The fourth-order valence-electron chi connectivity index (χ4n) is 7.75. The fraction of sp³-hybridized carbons (Fsp3) is 0. The highest BCUT2D eigenvalue weighted by molar-refractivity contribution is 6.07. The van der Waals surface area contributed by atoms with Crippen LogP contribution in [0.25, 0.3) is 65.7 Å². The van der Waals surface area contributed by atoms with Crippen LogP contribution in [0.5, 0.6) is 11.5 Å². The van der Waals surface area contributed by atoms with Gasteiger partial charge in [0.25, 0.3) is 0 Å². The van der Waals surface area contributed by atoms with Crippen LogP contribution in [0, 0.1) is 0 Å². The Hall–Kier alpha value is -6.64. The van der Waals surface area contributed by atoms with E-state index in [9.17, 15) is 0 Å². The third-order valence-electron chi connectivity index (χ3n) is 10.0. The van der Waals surface area contributed by atoms with E-state index in [0.29, 0.717) is 0 Å². The topological polar surface area (TPSA) is 12.5 Å². The van der Waals surface area contributed by atoms with E-state index in [1.54, 1.807) is 0 Å². The zero-order valence-electron chi connectivity index (χ0n) is 27.3. The molecule has 0 N–H and O–H groups in total. The number of para-hydroxylation sites is 2. The van der Waals surface area contributed by atoms with Crippen LogP contribution in [0.2, 0.25) is 0 Å². The molecule has 0 aromatic heterocycles. The molecule has 2 nitrogen and oxygen atoms in total. The first-order valence-corrected chi connectivity index (χ1v) is 17.1. The molecule has 0 saturated carbocycles. The lowest BCUT2D eigenvalue weighted by Gasteiger charge is -2.29. The van der Waals surface area contributed by atoms with Crippen molar-refractivity contribution in [3.63, 3.8) is 0 Å². The molecule has 0 aliphatic carbocycles. The Bertz CT molecular complexity index is 2750. The van der Waals surface area contributed by atoms with Crippen LogP contribution in [0.15, 0.2) is 188 Å². The van der Waals surface area contributed by atoms with Crippen molar-refractivity contribution in [1.82, 2.24) is 0 Å². The van der Waals surface area contributed by atoms with Crippen molar-refractivity contribution in [3.05, 3.63) is 188 Å². The van der Waals surface area contributed by atoms with Gasteiger partial charge in [-0.2, -0.15) is 0 Å². The number of fused-ring (bicyclic) bond motifs is 4. The molecule has 9 aromatic rings. The first-order chi connectivity index (χ1) is 24.8. The van der Waals surface area contributed by atoms with Gasteiger partial charge in [0, 0.05) is 27.6 Å². The van der Waals surface area contributed by atoms with Crippen molar-refractivity contribution < 1.29 is 4.74 Å². The molecule has 234 valence electrons. The maximum atomic E-state index is 6.35. The lowest BCUT2D eigenvalue weighted by Crippen LogP contribution is -2.12. The fourth-order valence-corrected chi connectivity index (χ4v) is 7.75. The van der Waals surface area contributed by atoms with E-state index < -0.39 is 0 Å². The number of hydrogen-bond acceptors (Lipinski definition) is 2. The molecule has 1 heterocycles. The molecule has 9 aromatic carbocycles. The lowest BCUT2D eigenvalue weighted by molar-refractivity contribution is 0.487. The van der Waals surface area contributed by atoms with E-state index in [0.717, 1.165) is 45.1 Å². The second-order valence-corrected chi connectivity index (χ2v) is 12.9. The van der Waals surface area contributed by atoms with E-state index in [2.05, 4.69) is 187 Å². The quantitative estimate of drug-likeness (QED) is 0.186. The molecule has 0 radical (unpaired) electrons. The van der Waals surface area contributed by atoms with Gasteiger partial charge in [0.2, 0.25) is 0 Å². The Kier molecular flexibility index (Phi) is 6.53. The molecule has 0 bridgehead atoms. The summed E-state index contributed by atoms with van der Waals surface area (Å²) in [6.45, 7) is 0. The summed E-state index contributed by atoms with van der Waals surface area (Å²) in [4.78, 5) is 2.44. The summed E-state index contributed by atoms with van der Waals surface area (Å²) in [5, 5.41) is 7.21. The molecule has 0 saturated heterocycles. The first kappa shape index (κ1) is 28.4. The molecular weight excluding hydrogens is 607 g/mol. The van der Waals surface area contributed by atoms with Crippen LogP contribution >= 0.6 is 0 Å². The molecule has 2 heteroatoms. The highest BCUT2D eigenvalue weighted by Gasteiger charge is 2.23. The highest BCUT2D eigenvalue weighted by Crippen LogP contribution is 2.49. The molecule has 0 unspecified atom stereocenters. The van der Waals surface area contributed by atoms with E-state index in [-0.39, 0.29) is 0 Å². The Morgan fingerprint density at radius 3 is 1.84 bits per heavy atom. The van der Waals surface area contributed by atoms with Crippen LogP contribution < -0.4 is 9.64 Å². The average molecular weight is 638 g/mol. The molecule has 0 atom stereocenters. The average Bonchev–Trinajstić information content (AvgIpc) is 3.18. The second kappa shape index (κ2) is 11.5. The third-order valence-corrected chi connectivity index (χ3v) is 10.0. The zero-order chi connectivity index (χ0) is 33.0. The van der Waals surface area contributed by atoms with Crippen molar-refractivity contribution >= 4 is 49.4 Å². The van der Waals surface area contributed by atoms with Gasteiger partial charge in [0.15, 0.2) is 0 Å². The smallest absolute Gasteiger partial charge is 0.135 e. The van der Waals surface area contributed by atoms with E-state index in [1.165, 1.54) is 49.2 Å². The van der Waals surface area contributed by atoms with E-state index in [4.69, 9.17) is 4.74 Å². The number of benzene rings is 9. The van der Waals surface area contributed by atoms with Gasteiger partial charge < -0.3 is 9.64 Å². The van der Waals surface area contributed by atoms with Gasteiger partial charge in [0.1, 0.15) is 11.5 Å². The SMILES string of the molecule is c1cc(-c2cc3c4c(cccc4c2)Oc2ccccc2-3)cc(N(c2ccccc2-c2cccc3ccccc23)c2cccc3ccccc23)c1. The molecule has 1 aliphatic heterocycles. The van der Waals surface area contributed by atoms with Crippen LogP contribution in [0.3, 0.4) is 0 Å². The molecule has 0 fully saturated rings. The first-order valence-electron chi connectivity index (χ1n) is 17.1. The maximum absolute atomic E-state index is 6.35. The number of nitrogens with zero attached hydrogens (tertiary/aromatic N) is 1. The number of hydrogen-bond donors (Lipinski definition) is 0. The van der Waals surface area contributed by atoms with E-state index in [1.807, 2.05) is 6.07 Å². The minimum atomic E-state index is 0.894. The predicted octanol–water partition coefficient (Wildman–Crippen LogP) is 13.7. The van der Waals surface area contributed by atoms with Crippen molar-refractivity contribution in [2.24, 2.45) is 0 Å². The Morgan fingerprint density at radius 1 is 0.340 bits per heavy atom. The van der Waals surface area contributed by atoms with Crippen LogP contribution in [0.4, 0.5) is 17.1 Å². The summed E-state index contributed by atoms with van der Waals surface area (Å²) in [5.74, 6) is 1.80. The summed E-state index contributed by atoms with van der Waals surface area (Å²) in [5.41, 5.74) is 10.4. The van der Waals surface area contributed by atoms with Gasteiger partial charge in [-0.05, 0) is 92.3 Å². The van der Waals surface area contributed by atoms with E-state index >= 15 is 0 Å². The predicted molar refractivity (Wildman–Crippen MR) is 210 cm³/mol. The third kappa shape index (κ3) is 4.57. The summed E-state index contributed by atoms with van der Waals surface area (Å²) < 4.78 is 6.35. The standard InChI is InChI=1S/C48H31NO/c1-3-20-38-32(13-1)15-10-24-40(38)41-22-5-7-25-45(41)49(44-26-11-16-33-14-2-4-21-39(33)44)37-19-9-17-34(30-37)36-29-35-18-12-28-47-48(35)43(31-36)42-23-6-8-27-46(42)50-47/h1-31H. The van der Waals surface area contributed by atoms with Gasteiger partial charge in [-0.15, -0.1) is 0 Å². The normalized spacial score (nSPS) is 11.8. The van der Waals surface area contributed by atoms with Gasteiger partial charge in [-0.3, -0.25) is 0 Å². The number of ether oxygens (including phenoxy) is 1. The molecule has 10 rings (SSSR count). The Balaban J connectivity index is 1.21. The summed E-state index contributed by atoms with van der Waals surface area (Å²) in [7, 11) is 0. The summed E-state index contributed by atoms with van der Waals surface area (Å²) in [6.07, 6.45) is 0. The molecule has 0 amide bonds. The van der Waals surface area contributed by atoms with Crippen molar-refractivity contribution in [2.45, 2.75) is 0 Å². The van der Waals surface area contributed by atoms with Crippen LogP contribution in [0.1, 0.15) is 0 Å². The summed E-state index contributed by atoms with van der Waals surface area (Å²) in [6, 6.07) is 67.6. The monoisotopic (exact) mass is 637 g/mol. The minimum absolute atomic E-state index is 0.894. The van der Waals surface area contributed by atoms with Crippen molar-refractivity contribution in [2.75, 3.05) is 4.90 Å². The van der Waals surface area contributed by atoms with Crippen LogP contribution in [-0.2, 0) is 0 Å². The van der Waals surface area contributed by atoms with Crippen molar-refractivity contribution in [1.29, 1.82) is 0 Å². The van der Waals surface area contributed by atoms with Gasteiger partial charge in [-0.25, -0.2) is 0 Å². The molecule has 0 spiro atoms. The number of rotatable bonds is 5. The largest absolute Gasteiger partial charge is 0.456 e. The maximum Gasteiger partial charge on any atom is 0.135 e. The van der Waals surface area contributed by atoms with Gasteiger partial charge in [0.05, 0.1) is 11.4 Å².